The van der Waals surface area contributed by atoms with Crippen molar-refractivity contribution in [3.8, 4) is 0 Å². The maximum Gasteiger partial charge on any atom is 0.238 e. The predicted octanol–water partition coefficient (Wildman–Crippen LogP) is 5.24. The highest BCUT2D eigenvalue weighted by atomic mass is 35.5. The number of benzene rings is 2. The zero-order chi connectivity index (χ0) is 23.2. The molecule has 2 rings (SSSR count). The standard InChI is InChI=1S/C27H39N3O2.ClH/c1-4-6-17-30(18-7-5-2)21-27(32)29-25-15-13-24(14-16-25)20-26(31)28-22(3)19-23-11-9-8-10-12-23;/h8-16,22H,4-7,17-21H2,1-3H3,(H,28,31)(H,29,32);1H. The molecule has 0 heterocycles. The highest BCUT2D eigenvalue weighted by Crippen LogP contribution is 2.11. The molecule has 182 valence electrons. The summed E-state index contributed by atoms with van der Waals surface area (Å²) in [6.07, 6.45) is 5.62. The fourth-order valence-electron chi connectivity index (χ4n) is 3.67. The van der Waals surface area contributed by atoms with Crippen molar-refractivity contribution in [1.82, 2.24) is 10.2 Å². The van der Waals surface area contributed by atoms with Crippen molar-refractivity contribution >= 4 is 29.9 Å². The minimum atomic E-state index is 0. The first kappa shape index (κ1) is 28.7. The summed E-state index contributed by atoms with van der Waals surface area (Å²) in [5.74, 6) is 0.0187. The van der Waals surface area contributed by atoms with Crippen LogP contribution >= 0.6 is 12.4 Å². The quantitative estimate of drug-likeness (QED) is 0.394. The van der Waals surface area contributed by atoms with E-state index in [1.165, 1.54) is 5.56 Å². The largest absolute Gasteiger partial charge is 0.353 e. The molecule has 1 unspecified atom stereocenters. The van der Waals surface area contributed by atoms with Crippen LogP contribution in [-0.2, 0) is 22.4 Å². The van der Waals surface area contributed by atoms with E-state index in [1.54, 1.807) is 0 Å². The number of nitrogens with zero attached hydrogens (tertiary/aromatic N) is 1. The normalized spacial score (nSPS) is 11.5. The van der Waals surface area contributed by atoms with Gasteiger partial charge in [-0.2, -0.15) is 0 Å². The number of amides is 2. The van der Waals surface area contributed by atoms with Crippen molar-refractivity contribution in [3.63, 3.8) is 0 Å². The van der Waals surface area contributed by atoms with Gasteiger partial charge in [0.15, 0.2) is 0 Å². The minimum absolute atomic E-state index is 0. The summed E-state index contributed by atoms with van der Waals surface area (Å²) in [5.41, 5.74) is 2.91. The first-order valence-corrected chi connectivity index (χ1v) is 11.9. The lowest BCUT2D eigenvalue weighted by Crippen LogP contribution is -2.35. The van der Waals surface area contributed by atoms with Gasteiger partial charge in [0.2, 0.25) is 11.8 Å². The zero-order valence-corrected chi connectivity index (χ0v) is 21.1. The molecule has 33 heavy (non-hydrogen) atoms. The van der Waals surface area contributed by atoms with Crippen LogP contribution in [0, 0.1) is 0 Å². The van der Waals surface area contributed by atoms with E-state index in [9.17, 15) is 9.59 Å². The number of hydrogen-bond donors (Lipinski definition) is 2. The Morgan fingerprint density at radius 2 is 1.45 bits per heavy atom. The Labute approximate surface area is 205 Å². The van der Waals surface area contributed by atoms with Gasteiger partial charge in [-0.25, -0.2) is 0 Å². The van der Waals surface area contributed by atoms with Crippen LogP contribution in [0.2, 0.25) is 0 Å². The van der Waals surface area contributed by atoms with Crippen LogP contribution in [0.25, 0.3) is 0 Å². The molecule has 1 atom stereocenters. The van der Waals surface area contributed by atoms with Crippen LogP contribution in [0.3, 0.4) is 0 Å². The summed E-state index contributed by atoms with van der Waals surface area (Å²) < 4.78 is 0. The minimum Gasteiger partial charge on any atom is -0.353 e. The van der Waals surface area contributed by atoms with Crippen LogP contribution in [0.15, 0.2) is 54.6 Å². The van der Waals surface area contributed by atoms with E-state index < -0.39 is 0 Å². The Morgan fingerprint density at radius 3 is 2.03 bits per heavy atom. The average molecular weight is 474 g/mol. The van der Waals surface area contributed by atoms with E-state index >= 15 is 0 Å². The maximum absolute atomic E-state index is 12.5. The van der Waals surface area contributed by atoms with E-state index in [1.807, 2.05) is 49.4 Å². The molecule has 2 aromatic carbocycles. The van der Waals surface area contributed by atoms with Crippen molar-refractivity contribution < 1.29 is 9.59 Å². The Hall–Kier alpha value is -2.37. The van der Waals surface area contributed by atoms with Crippen LogP contribution in [0.1, 0.15) is 57.6 Å². The Balaban J connectivity index is 0.00000544. The third-order valence-corrected chi connectivity index (χ3v) is 5.42. The molecule has 0 fully saturated rings. The van der Waals surface area contributed by atoms with E-state index in [4.69, 9.17) is 0 Å². The van der Waals surface area contributed by atoms with Gasteiger partial charge < -0.3 is 10.6 Å². The average Bonchev–Trinajstić information content (AvgIpc) is 2.77. The van der Waals surface area contributed by atoms with Gasteiger partial charge in [0.05, 0.1) is 13.0 Å². The second-order valence-electron chi connectivity index (χ2n) is 8.56. The molecular weight excluding hydrogens is 434 g/mol. The number of anilines is 1. The molecular formula is C27H40ClN3O2. The van der Waals surface area contributed by atoms with Gasteiger partial charge in [-0.3, -0.25) is 14.5 Å². The second-order valence-corrected chi connectivity index (χ2v) is 8.56. The molecule has 0 spiro atoms. The Kier molecular flexibility index (Phi) is 14.1. The summed E-state index contributed by atoms with van der Waals surface area (Å²) >= 11 is 0. The van der Waals surface area contributed by atoms with E-state index in [0.717, 1.165) is 56.4 Å². The first-order valence-electron chi connectivity index (χ1n) is 11.9. The lowest BCUT2D eigenvalue weighted by atomic mass is 10.1. The molecule has 0 bridgehead atoms. The van der Waals surface area contributed by atoms with Gasteiger partial charge in [-0.15, -0.1) is 12.4 Å². The monoisotopic (exact) mass is 473 g/mol. The summed E-state index contributed by atoms with van der Waals surface area (Å²) in [5, 5.41) is 6.05. The first-order chi connectivity index (χ1) is 15.5. The number of carbonyl (C=O) groups is 2. The molecule has 0 aromatic heterocycles. The molecule has 0 saturated carbocycles. The second kappa shape index (κ2) is 16.3. The van der Waals surface area contributed by atoms with Gasteiger partial charge in [0, 0.05) is 11.7 Å². The van der Waals surface area contributed by atoms with Gasteiger partial charge >= 0.3 is 0 Å². The summed E-state index contributed by atoms with van der Waals surface area (Å²) in [6, 6.07) is 17.8. The summed E-state index contributed by atoms with van der Waals surface area (Å²) in [6.45, 7) is 8.70. The lowest BCUT2D eigenvalue weighted by Gasteiger charge is -2.21. The van der Waals surface area contributed by atoms with E-state index in [-0.39, 0.29) is 30.3 Å². The summed E-state index contributed by atoms with van der Waals surface area (Å²) in [4.78, 5) is 27.1. The van der Waals surface area contributed by atoms with Crippen LogP contribution < -0.4 is 10.6 Å². The number of hydrogen-bond acceptors (Lipinski definition) is 3. The SMILES string of the molecule is CCCCN(CCCC)CC(=O)Nc1ccc(CC(=O)NC(C)Cc2ccccc2)cc1.Cl. The van der Waals surface area contributed by atoms with Crippen LogP contribution in [0.5, 0.6) is 0 Å². The van der Waals surface area contributed by atoms with E-state index in [0.29, 0.717) is 13.0 Å². The van der Waals surface area contributed by atoms with Gasteiger partial charge in [0.25, 0.3) is 0 Å². The fraction of sp³-hybridized carbons (Fsp3) is 0.481. The predicted molar refractivity (Wildman–Crippen MR) is 140 cm³/mol. The Morgan fingerprint density at radius 1 is 0.848 bits per heavy atom. The van der Waals surface area contributed by atoms with Crippen molar-refractivity contribution in [2.75, 3.05) is 25.0 Å². The zero-order valence-electron chi connectivity index (χ0n) is 20.3. The van der Waals surface area contributed by atoms with E-state index in [2.05, 4.69) is 41.5 Å². The van der Waals surface area contributed by atoms with Gasteiger partial charge in [-0.05, 0) is 62.5 Å². The van der Waals surface area contributed by atoms with Crippen molar-refractivity contribution in [1.29, 1.82) is 0 Å². The molecule has 5 nitrogen and oxygen atoms in total. The number of halogens is 1. The Bertz CT molecular complexity index is 804. The highest BCUT2D eigenvalue weighted by molar-refractivity contribution is 5.92. The van der Waals surface area contributed by atoms with Crippen molar-refractivity contribution in [3.05, 3.63) is 65.7 Å². The maximum atomic E-state index is 12.5. The van der Waals surface area contributed by atoms with Crippen LogP contribution in [-0.4, -0.2) is 42.4 Å². The molecule has 0 radical (unpaired) electrons. The van der Waals surface area contributed by atoms with Crippen LogP contribution in [0.4, 0.5) is 5.69 Å². The number of rotatable bonds is 14. The highest BCUT2D eigenvalue weighted by Gasteiger charge is 2.12. The molecule has 0 saturated heterocycles. The van der Waals surface area contributed by atoms with Crippen molar-refractivity contribution in [2.24, 2.45) is 0 Å². The molecule has 6 heteroatoms. The number of nitrogens with one attached hydrogen (secondary N) is 2. The third-order valence-electron chi connectivity index (χ3n) is 5.42. The van der Waals surface area contributed by atoms with Crippen molar-refractivity contribution in [2.45, 2.75) is 65.3 Å². The molecule has 2 N–H and O–H groups in total. The summed E-state index contributed by atoms with van der Waals surface area (Å²) in [7, 11) is 0. The topological polar surface area (TPSA) is 61.4 Å². The molecule has 0 aliphatic heterocycles. The van der Waals surface area contributed by atoms with Gasteiger partial charge in [0.1, 0.15) is 0 Å². The molecule has 0 aliphatic carbocycles. The smallest absolute Gasteiger partial charge is 0.238 e. The number of carbonyl (C=O) groups excluding carboxylic acids is 2. The third kappa shape index (κ3) is 11.9. The molecule has 2 aromatic rings. The molecule has 0 aliphatic rings. The fourth-order valence-corrected chi connectivity index (χ4v) is 3.67. The lowest BCUT2D eigenvalue weighted by molar-refractivity contribution is -0.121. The number of unbranched alkanes of at least 4 members (excludes halogenated alkanes) is 2. The van der Waals surface area contributed by atoms with Gasteiger partial charge in [-0.1, -0.05) is 69.2 Å². The molecule has 2 amide bonds.